The first kappa shape index (κ1) is 14.9. The lowest BCUT2D eigenvalue weighted by molar-refractivity contribution is -0.0753. The van der Waals surface area contributed by atoms with E-state index in [-0.39, 0.29) is 5.78 Å². The molecule has 0 saturated heterocycles. The molecule has 3 nitrogen and oxygen atoms in total. The highest BCUT2D eigenvalue weighted by Crippen LogP contribution is 2.60. The van der Waals surface area contributed by atoms with Gasteiger partial charge in [0.15, 0.2) is 5.78 Å². The number of Topliss-reactive ketones (excluding diaryl/α,β-unsaturated/α-hetero) is 1. The number of rotatable bonds is 5. The average molecular weight is 325 g/mol. The lowest BCUT2D eigenvalue weighted by Crippen LogP contribution is -2.48. The summed E-state index contributed by atoms with van der Waals surface area (Å²) < 4.78 is 6.34. The number of ketones is 1. The van der Waals surface area contributed by atoms with Gasteiger partial charge in [0.2, 0.25) is 5.88 Å². The van der Waals surface area contributed by atoms with Gasteiger partial charge in [-0.05, 0) is 88.0 Å². The van der Waals surface area contributed by atoms with E-state index in [4.69, 9.17) is 4.74 Å². The number of carbonyl (C=O) groups excluding carboxylic acids is 1. The highest BCUT2D eigenvalue weighted by atomic mass is 16.5. The van der Waals surface area contributed by atoms with Gasteiger partial charge in [0.25, 0.3) is 0 Å². The normalized spacial score (nSPS) is 36.8. The molecule has 0 radical (unpaired) electrons. The number of hydrogen-bond acceptors (Lipinski definition) is 3. The van der Waals surface area contributed by atoms with Gasteiger partial charge in [-0.2, -0.15) is 0 Å². The second-order valence-electron chi connectivity index (χ2n) is 9.16. The van der Waals surface area contributed by atoms with E-state index in [0.717, 1.165) is 35.8 Å². The zero-order valence-corrected chi connectivity index (χ0v) is 14.6. The zero-order chi connectivity index (χ0) is 16.3. The predicted octanol–water partition coefficient (Wildman–Crippen LogP) is 4.76. The summed E-state index contributed by atoms with van der Waals surface area (Å²) in [4.78, 5) is 16.2. The third-order valence-electron chi connectivity index (χ3n) is 6.98. The fraction of sp³-hybridized carbons (Fsp3) is 0.714. The summed E-state index contributed by atoms with van der Waals surface area (Å²) in [5.74, 6) is 4.32. The standard InChI is InChI=1S/C21H27NO2/c1-13(23)18-7-19(17-2-3-17)20(22-11-18)24-12-21-8-14-4-15(9-21)6-16(5-14)10-21/h7,11,14-17H,2-6,8-10,12H2,1H3. The van der Waals surface area contributed by atoms with Crippen molar-refractivity contribution >= 4 is 5.78 Å². The maximum Gasteiger partial charge on any atom is 0.216 e. The molecule has 6 rings (SSSR count). The Morgan fingerprint density at radius 2 is 1.79 bits per heavy atom. The minimum absolute atomic E-state index is 0.0945. The Bertz CT molecular complexity index is 641. The molecule has 0 N–H and O–H groups in total. The van der Waals surface area contributed by atoms with Crippen LogP contribution in [0, 0.1) is 23.2 Å². The van der Waals surface area contributed by atoms with Gasteiger partial charge < -0.3 is 4.74 Å². The first-order valence-electron chi connectivity index (χ1n) is 9.74. The molecule has 3 heteroatoms. The first-order chi connectivity index (χ1) is 11.6. The van der Waals surface area contributed by atoms with Gasteiger partial charge in [-0.15, -0.1) is 0 Å². The first-order valence-corrected chi connectivity index (χ1v) is 9.74. The second-order valence-corrected chi connectivity index (χ2v) is 9.16. The van der Waals surface area contributed by atoms with Crippen LogP contribution in [0.3, 0.4) is 0 Å². The quantitative estimate of drug-likeness (QED) is 0.733. The van der Waals surface area contributed by atoms with Gasteiger partial charge in [0, 0.05) is 22.7 Å². The fourth-order valence-electron chi connectivity index (χ4n) is 6.16. The molecule has 24 heavy (non-hydrogen) atoms. The maximum atomic E-state index is 11.7. The number of hydrogen-bond donors (Lipinski definition) is 0. The lowest BCUT2D eigenvalue weighted by atomic mass is 9.50. The largest absolute Gasteiger partial charge is 0.477 e. The number of pyridine rings is 1. The van der Waals surface area contributed by atoms with E-state index in [1.165, 1.54) is 56.9 Å². The molecule has 5 aliphatic carbocycles. The Morgan fingerprint density at radius 1 is 1.17 bits per heavy atom. The highest BCUT2D eigenvalue weighted by Gasteiger charge is 2.51. The zero-order valence-electron chi connectivity index (χ0n) is 14.6. The van der Waals surface area contributed by atoms with Crippen LogP contribution in [0.1, 0.15) is 80.1 Å². The van der Waals surface area contributed by atoms with E-state index >= 15 is 0 Å². The summed E-state index contributed by atoms with van der Waals surface area (Å²) in [6, 6.07) is 2.03. The number of ether oxygens (including phenoxy) is 1. The van der Waals surface area contributed by atoms with Crippen LogP contribution < -0.4 is 4.74 Å². The van der Waals surface area contributed by atoms with Crippen LogP contribution in [0.5, 0.6) is 5.88 Å². The van der Waals surface area contributed by atoms with E-state index in [0.29, 0.717) is 11.3 Å². The van der Waals surface area contributed by atoms with Crippen LogP contribution in [0.25, 0.3) is 0 Å². The Morgan fingerprint density at radius 3 is 2.33 bits per heavy atom. The van der Waals surface area contributed by atoms with Crippen molar-refractivity contribution in [1.82, 2.24) is 4.98 Å². The van der Waals surface area contributed by atoms with Crippen molar-refractivity contribution in [3.8, 4) is 5.88 Å². The van der Waals surface area contributed by atoms with Crippen LogP contribution in [0.4, 0.5) is 0 Å². The fourth-order valence-corrected chi connectivity index (χ4v) is 6.16. The van der Waals surface area contributed by atoms with Gasteiger partial charge in [-0.25, -0.2) is 4.98 Å². The average Bonchev–Trinajstić information content (AvgIpc) is 3.36. The minimum atomic E-state index is 0.0945. The predicted molar refractivity (Wildman–Crippen MR) is 92.3 cm³/mol. The van der Waals surface area contributed by atoms with Gasteiger partial charge in [-0.1, -0.05) is 0 Å². The summed E-state index contributed by atoms with van der Waals surface area (Å²) in [5.41, 5.74) is 2.31. The maximum absolute atomic E-state index is 11.7. The summed E-state index contributed by atoms with van der Waals surface area (Å²) in [6.45, 7) is 2.45. The monoisotopic (exact) mass is 325 g/mol. The molecule has 1 heterocycles. The molecule has 0 spiro atoms. The molecular weight excluding hydrogens is 298 g/mol. The molecule has 5 saturated carbocycles. The molecule has 0 amide bonds. The van der Waals surface area contributed by atoms with Crippen molar-refractivity contribution in [3.63, 3.8) is 0 Å². The molecule has 1 aromatic heterocycles. The molecule has 0 unspecified atom stereocenters. The minimum Gasteiger partial charge on any atom is -0.477 e. The Balaban J connectivity index is 1.36. The molecule has 5 aliphatic rings. The van der Waals surface area contributed by atoms with Crippen LogP contribution in [0.2, 0.25) is 0 Å². The van der Waals surface area contributed by atoms with E-state index in [2.05, 4.69) is 4.98 Å². The Hall–Kier alpha value is -1.38. The van der Waals surface area contributed by atoms with Crippen molar-refractivity contribution in [2.75, 3.05) is 6.61 Å². The van der Waals surface area contributed by atoms with Crippen LogP contribution >= 0.6 is 0 Å². The Labute approximate surface area is 144 Å². The summed E-state index contributed by atoms with van der Waals surface area (Å²) >= 11 is 0. The molecule has 4 bridgehead atoms. The molecule has 0 aromatic carbocycles. The van der Waals surface area contributed by atoms with Crippen molar-refractivity contribution < 1.29 is 9.53 Å². The molecule has 0 aliphatic heterocycles. The van der Waals surface area contributed by atoms with Crippen LogP contribution in [-0.4, -0.2) is 17.4 Å². The number of nitrogens with zero attached hydrogens (tertiary/aromatic N) is 1. The molecule has 1 aromatic rings. The molecular formula is C21H27NO2. The number of aromatic nitrogens is 1. The highest BCUT2D eigenvalue weighted by molar-refractivity contribution is 5.94. The summed E-state index contributed by atoms with van der Waals surface area (Å²) in [6.07, 6.45) is 12.6. The van der Waals surface area contributed by atoms with Crippen molar-refractivity contribution in [2.24, 2.45) is 23.2 Å². The van der Waals surface area contributed by atoms with E-state index in [1.54, 1.807) is 13.1 Å². The van der Waals surface area contributed by atoms with Crippen molar-refractivity contribution in [3.05, 3.63) is 23.4 Å². The topological polar surface area (TPSA) is 39.2 Å². The lowest BCUT2D eigenvalue weighted by Gasteiger charge is -2.56. The molecule has 0 atom stereocenters. The van der Waals surface area contributed by atoms with Crippen molar-refractivity contribution in [2.45, 2.75) is 64.2 Å². The van der Waals surface area contributed by atoms with Gasteiger partial charge in [0.1, 0.15) is 0 Å². The van der Waals surface area contributed by atoms with Gasteiger partial charge >= 0.3 is 0 Å². The number of carbonyl (C=O) groups is 1. The smallest absolute Gasteiger partial charge is 0.216 e. The van der Waals surface area contributed by atoms with Crippen LogP contribution in [-0.2, 0) is 0 Å². The summed E-state index contributed by atoms with van der Waals surface area (Å²) in [7, 11) is 0. The van der Waals surface area contributed by atoms with E-state index < -0.39 is 0 Å². The van der Waals surface area contributed by atoms with Crippen molar-refractivity contribution in [1.29, 1.82) is 0 Å². The summed E-state index contributed by atoms with van der Waals surface area (Å²) in [5, 5.41) is 0. The SMILES string of the molecule is CC(=O)c1cnc(OCC23CC4CC(CC(C4)C2)C3)c(C2CC2)c1. The third kappa shape index (κ3) is 2.57. The Kier molecular flexibility index (Phi) is 3.30. The van der Waals surface area contributed by atoms with Crippen LogP contribution in [0.15, 0.2) is 12.3 Å². The molecule has 128 valence electrons. The van der Waals surface area contributed by atoms with E-state index in [9.17, 15) is 4.79 Å². The van der Waals surface area contributed by atoms with E-state index in [1.807, 2.05) is 6.07 Å². The molecule has 5 fully saturated rings. The third-order valence-corrected chi connectivity index (χ3v) is 6.98. The van der Waals surface area contributed by atoms with Gasteiger partial charge in [-0.3, -0.25) is 4.79 Å². The van der Waals surface area contributed by atoms with Gasteiger partial charge in [0.05, 0.1) is 6.61 Å². The second kappa shape index (κ2) is 5.31.